The second kappa shape index (κ2) is 4.85. The van der Waals surface area contributed by atoms with Gasteiger partial charge in [0.2, 0.25) is 0 Å². The largest absolute Gasteiger partial charge is 0.293 e. The molecular formula is C11H9N3OS. The number of ketones is 1. The molecule has 0 spiro atoms. The van der Waals surface area contributed by atoms with Gasteiger partial charge in [0, 0.05) is 30.4 Å². The number of pyridine rings is 1. The fraction of sp³-hybridized carbons (Fsp3) is 0.0909. The average Bonchev–Trinajstić information content (AvgIpc) is 2.31. The fourth-order valence-electron chi connectivity index (χ4n) is 1.09. The number of hydrogen-bond donors (Lipinski definition) is 0. The topological polar surface area (TPSA) is 55.7 Å². The van der Waals surface area contributed by atoms with E-state index >= 15 is 0 Å². The highest BCUT2D eigenvalue weighted by atomic mass is 32.2. The Kier molecular flexibility index (Phi) is 3.26. The van der Waals surface area contributed by atoms with Crippen molar-refractivity contribution in [3.05, 3.63) is 42.5 Å². The molecule has 80 valence electrons. The Balaban J connectivity index is 2.14. The lowest BCUT2D eigenvalue weighted by Gasteiger charge is -1.99. The minimum absolute atomic E-state index is 0.0347. The minimum Gasteiger partial charge on any atom is -0.293 e. The summed E-state index contributed by atoms with van der Waals surface area (Å²) >= 11 is 1.41. The van der Waals surface area contributed by atoms with E-state index in [1.807, 2.05) is 6.07 Å². The van der Waals surface area contributed by atoms with Crippen LogP contribution < -0.4 is 0 Å². The van der Waals surface area contributed by atoms with Crippen LogP contribution in [0.1, 0.15) is 17.4 Å². The molecular weight excluding hydrogens is 222 g/mol. The van der Waals surface area contributed by atoms with Crippen molar-refractivity contribution in [3.63, 3.8) is 0 Å². The smallest absolute Gasteiger partial charge is 0.192 e. The molecule has 0 aromatic carbocycles. The predicted octanol–water partition coefficient (Wildman–Crippen LogP) is 2.23. The Labute approximate surface area is 97.2 Å². The first kappa shape index (κ1) is 10.8. The molecule has 0 aliphatic rings. The molecule has 16 heavy (non-hydrogen) atoms. The lowest BCUT2D eigenvalue weighted by atomic mass is 10.3. The van der Waals surface area contributed by atoms with Crippen LogP contribution in [0.2, 0.25) is 0 Å². The van der Waals surface area contributed by atoms with Gasteiger partial charge in [-0.1, -0.05) is 0 Å². The van der Waals surface area contributed by atoms with E-state index in [2.05, 4.69) is 15.0 Å². The molecule has 0 aliphatic heterocycles. The van der Waals surface area contributed by atoms with E-state index in [1.165, 1.54) is 18.7 Å². The van der Waals surface area contributed by atoms with Gasteiger partial charge < -0.3 is 0 Å². The monoisotopic (exact) mass is 231 g/mol. The van der Waals surface area contributed by atoms with E-state index in [4.69, 9.17) is 0 Å². The van der Waals surface area contributed by atoms with E-state index in [9.17, 15) is 4.79 Å². The Morgan fingerprint density at radius 1 is 1.19 bits per heavy atom. The van der Waals surface area contributed by atoms with Crippen LogP contribution in [0, 0.1) is 0 Å². The van der Waals surface area contributed by atoms with Gasteiger partial charge in [0.15, 0.2) is 10.9 Å². The molecule has 0 aliphatic carbocycles. The van der Waals surface area contributed by atoms with E-state index in [1.54, 1.807) is 30.7 Å². The zero-order valence-electron chi connectivity index (χ0n) is 8.62. The van der Waals surface area contributed by atoms with Crippen LogP contribution in [0.15, 0.2) is 46.8 Å². The van der Waals surface area contributed by atoms with Crippen LogP contribution in [0.3, 0.4) is 0 Å². The molecule has 0 saturated heterocycles. The third kappa shape index (κ3) is 2.64. The molecule has 2 aromatic heterocycles. The molecule has 5 heteroatoms. The van der Waals surface area contributed by atoms with Crippen LogP contribution in [0.25, 0.3) is 0 Å². The highest BCUT2D eigenvalue weighted by Crippen LogP contribution is 2.22. The molecule has 0 atom stereocenters. The quantitative estimate of drug-likeness (QED) is 0.599. The molecule has 4 nitrogen and oxygen atoms in total. The van der Waals surface area contributed by atoms with E-state index in [0.717, 1.165) is 4.90 Å². The van der Waals surface area contributed by atoms with Gasteiger partial charge in [0.1, 0.15) is 5.69 Å². The Morgan fingerprint density at radius 3 is 2.50 bits per heavy atom. The van der Waals surface area contributed by atoms with Crippen LogP contribution in [-0.4, -0.2) is 20.7 Å². The predicted molar refractivity (Wildman–Crippen MR) is 60.4 cm³/mol. The van der Waals surface area contributed by atoms with Crippen molar-refractivity contribution in [1.29, 1.82) is 0 Å². The average molecular weight is 231 g/mol. The van der Waals surface area contributed by atoms with Crippen molar-refractivity contribution < 1.29 is 4.79 Å². The summed E-state index contributed by atoms with van der Waals surface area (Å²) in [5.41, 5.74) is 0.471. The Morgan fingerprint density at radius 2 is 1.94 bits per heavy atom. The number of Topliss-reactive ketones (excluding diaryl/α,β-unsaturated/α-hetero) is 1. The number of aromatic nitrogens is 3. The second-order valence-corrected chi connectivity index (χ2v) is 4.11. The number of carbonyl (C=O) groups is 1. The van der Waals surface area contributed by atoms with Gasteiger partial charge >= 0.3 is 0 Å². The molecule has 0 N–H and O–H groups in total. The first-order chi connectivity index (χ1) is 7.75. The van der Waals surface area contributed by atoms with Crippen LogP contribution in [0.5, 0.6) is 0 Å². The molecule has 0 bridgehead atoms. The lowest BCUT2D eigenvalue weighted by molar-refractivity contribution is 0.101. The maximum Gasteiger partial charge on any atom is 0.192 e. The van der Waals surface area contributed by atoms with Gasteiger partial charge in [0.05, 0.1) is 0 Å². The summed E-state index contributed by atoms with van der Waals surface area (Å²) in [6.45, 7) is 1.50. The normalized spacial score (nSPS) is 10.1. The van der Waals surface area contributed by atoms with Gasteiger partial charge in [-0.05, 0) is 30.0 Å². The molecule has 0 saturated carbocycles. The standard InChI is InChI=1S/C11H9N3OS/c1-8(15)10-4-3-9(7-14-10)16-11-12-5-2-6-13-11/h2-7H,1H3. The molecule has 2 aromatic rings. The maximum atomic E-state index is 11.0. The van der Waals surface area contributed by atoms with Crippen molar-refractivity contribution in [2.24, 2.45) is 0 Å². The van der Waals surface area contributed by atoms with E-state index < -0.39 is 0 Å². The van der Waals surface area contributed by atoms with Gasteiger partial charge in [-0.15, -0.1) is 0 Å². The molecule has 0 unspecified atom stereocenters. The Bertz CT molecular complexity index is 484. The van der Waals surface area contributed by atoms with Crippen LogP contribution in [0.4, 0.5) is 0 Å². The second-order valence-electron chi connectivity index (χ2n) is 3.07. The third-order valence-corrected chi connectivity index (χ3v) is 2.72. The van der Waals surface area contributed by atoms with Crippen LogP contribution >= 0.6 is 11.8 Å². The molecule has 0 radical (unpaired) electrons. The van der Waals surface area contributed by atoms with E-state index in [0.29, 0.717) is 10.9 Å². The lowest BCUT2D eigenvalue weighted by Crippen LogP contribution is -1.95. The first-order valence-electron chi connectivity index (χ1n) is 4.67. The van der Waals surface area contributed by atoms with Gasteiger partial charge in [-0.2, -0.15) is 0 Å². The molecule has 2 heterocycles. The SMILES string of the molecule is CC(=O)c1ccc(Sc2ncccn2)cn1. The third-order valence-electron chi connectivity index (χ3n) is 1.85. The van der Waals surface area contributed by atoms with Gasteiger partial charge in [-0.25, -0.2) is 9.97 Å². The number of hydrogen-bond acceptors (Lipinski definition) is 5. The summed E-state index contributed by atoms with van der Waals surface area (Å²) < 4.78 is 0. The summed E-state index contributed by atoms with van der Waals surface area (Å²) in [6, 6.07) is 5.31. The number of nitrogens with zero attached hydrogens (tertiary/aromatic N) is 3. The molecule has 0 amide bonds. The summed E-state index contributed by atoms with van der Waals surface area (Å²) in [7, 11) is 0. The number of rotatable bonds is 3. The summed E-state index contributed by atoms with van der Waals surface area (Å²) in [4.78, 5) is 24.2. The van der Waals surface area contributed by atoms with Crippen molar-refractivity contribution in [3.8, 4) is 0 Å². The number of carbonyl (C=O) groups excluding carboxylic acids is 1. The van der Waals surface area contributed by atoms with Gasteiger partial charge in [0.25, 0.3) is 0 Å². The van der Waals surface area contributed by atoms with Crippen molar-refractivity contribution in [2.45, 2.75) is 17.0 Å². The van der Waals surface area contributed by atoms with Gasteiger partial charge in [-0.3, -0.25) is 9.78 Å². The first-order valence-corrected chi connectivity index (χ1v) is 5.49. The zero-order valence-corrected chi connectivity index (χ0v) is 9.44. The van der Waals surface area contributed by atoms with Crippen molar-refractivity contribution in [2.75, 3.05) is 0 Å². The Hall–Kier alpha value is -1.75. The zero-order chi connectivity index (χ0) is 11.4. The fourth-order valence-corrected chi connectivity index (χ4v) is 1.77. The van der Waals surface area contributed by atoms with Crippen molar-refractivity contribution >= 4 is 17.5 Å². The highest BCUT2D eigenvalue weighted by molar-refractivity contribution is 7.99. The highest BCUT2D eigenvalue weighted by Gasteiger charge is 2.02. The summed E-state index contributed by atoms with van der Waals surface area (Å²) in [5.74, 6) is -0.0347. The van der Waals surface area contributed by atoms with E-state index in [-0.39, 0.29) is 5.78 Å². The summed E-state index contributed by atoms with van der Waals surface area (Å²) in [6.07, 6.45) is 5.02. The molecule has 0 fully saturated rings. The van der Waals surface area contributed by atoms with Crippen molar-refractivity contribution in [1.82, 2.24) is 15.0 Å². The summed E-state index contributed by atoms with van der Waals surface area (Å²) in [5, 5.41) is 0.667. The minimum atomic E-state index is -0.0347. The maximum absolute atomic E-state index is 11.0. The molecule has 2 rings (SSSR count). The van der Waals surface area contributed by atoms with Crippen LogP contribution in [-0.2, 0) is 0 Å².